The molecule has 0 atom stereocenters. The fourth-order valence-electron chi connectivity index (χ4n) is 3.77. The van der Waals surface area contributed by atoms with Crippen LogP contribution in [0.15, 0.2) is 42.9 Å². The predicted octanol–water partition coefficient (Wildman–Crippen LogP) is 6.08. The van der Waals surface area contributed by atoms with Crippen LogP contribution >= 0.6 is 22.9 Å². The summed E-state index contributed by atoms with van der Waals surface area (Å²) in [6.45, 7) is 4.37. The van der Waals surface area contributed by atoms with Crippen LogP contribution in [0.5, 0.6) is 0 Å². The molecule has 0 unspecified atom stereocenters. The lowest BCUT2D eigenvalue weighted by molar-refractivity contribution is 0.0710. The number of H-pyrrole nitrogens is 1. The Bertz CT molecular complexity index is 1220. The van der Waals surface area contributed by atoms with E-state index >= 15 is 0 Å². The maximum Gasteiger partial charge on any atom is 0.277 e. The van der Waals surface area contributed by atoms with E-state index in [2.05, 4.69) is 38.8 Å². The number of hydrogen-bond donors (Lipinski definition) is 2. The van der Waals surface area contributed by atoms with E-state index in [0.29, 0.717) is 16.4 Å². The Morgan fingerprint density at radius 3 is 2.47 bits per heavy atom. The van der Waals surface area contributed by atoms with Crippen LogP contribution in [0.1, 0.15) is 61.6 Å². The molecule has 8 nitrogen and oxygen atoms in total. The molecule has 4 aromatic heterocycles. The maximum atomic E-state index is 10.3. The molecule has 3 N–H and O–H groups in total. The molecule has 4 heterocycles. The largest absolute Gasteiger partial charge is 0.381 e. The van der Waals surface area contributed by atoms with Crippen molar-refractivity contribution in [1.82, 2.24) is 24.9 Å². The number of thiazole rings is 1. The number of nitrogens with one attached hydrogen (secondary N) is 1. The number of nitrogens with zero attached hydrogens (tertiary/aromatic N) is 4. The summed E-state index contributed by atoms with van der Waals surface area (Å²) < 4.78 is 5.67. The smallest absolute Gasteiger partial charge is 0.277 e. The van der Waals surface area contributed by atoms with Crippen LogP contribution in [0.4, 0.5) is 0 Å². The molecule has 4 aromatic rings. The van der Waals surface area contributed by atoms with Crippen LogP contribution in [-0.2, 0) is 11.2 Å². The number of primary amides is 1. The molecule has 36 heavy (non-hydrogen) atoms. The third-order valence-electron chi connectivity index (χ3n) is 5.52. The van der Waals surface area contributed by atoms with E-state index < -0.39 is 5.91 Å². The minimum atomic E-state index is -0.535. The molecular formula is C26H33ClN6O2S. The van der Waals surface area contributed by atoms with Gasteiger partial charge in [-0.15, -0.1) is 0 Å². The zero-order valence-corrected chi connectivity index (χ0v) is 22.5. The minimum absolute atomic E-state index is 0.250. The van der Waals surface area contributed by atoms with Gasteiger partial charge in [0.05, 0.1) is 40.9 Å². The van der Waals surface area contributed by atoms with Crippen molar-refractivity contribution < 1.29 is 9.53 Å². The maximum absolute atomic E-state index is 10.3. The number of imidazole rings is 1. The van der Waals surface area contributed by atoms with Gasteiger partial charge in [0.2, 0.25) is 0 Å². The van der Waals surface area contributed by atoms with E-state index in [-0.39, 0.29) is 5.01 Å². The lowest BCUT2D eigenvalue weighted by Gasteiger charge is -2.19. The normalized spacial score (nSPS) is 13.6. The molecule has 0 radical (unpaired) electrons. The summed E-state index contributed by atoms with van der Waals surface area (Å²) in [6, 6.07) is 7.80. The molecule has 1 aliphatic rings. The first-order valence-electron chi connectivity index (χ1n) is 12.1. The van der Waals surface area contributed by atoms with Crippen LogP contribution < -0.4 is 5.73 Å². The molecule has 10 heteroatoms. The average molecular weight is 529 g/mol. The highest BCUT2D eigenvalue weighted by Gasteiger charge is 2.11. The fraction of sp³-hybridized carbons (Fsp3) is 0.423. The number of carbonyl (C=O) groups excluding carboxylic acids is 1. The van der Waals surface area contributed by atoms with E-state index in [1.54, 1.807) is 6.20 Å². The Hall–Kier alpha value is -2.88. The number of ether oxygens (including phenoxy) is 1. The number of halogens is 1. The number of methoxy groups -OCH3 is 1. The monoisotopic (exact) mass is 528 g/mol. The van der Waals surface area contributed by atoms with Gasteiger partial charge in [-0.05, 0) is 37.0 Å². The number of nitrogens with two attached hydrogens (primary N) is 1. The van der Waals surface area contributed by atoms with Gasteiger partial charge in [0.25, 0.3) is 5.91 Å². The van der Waals surface area contributed by atoms with Crippen LogP contribution in [-0.4, -0.2) is 44.0 Å². The molecule has 1 saturated carbocycles. The molecule has 1 amide bonds. The number of hydrogen-bond acceptors (Lipinski definition) is 7. The van der Waals surface area contributed by atoms with Gasteiger partial charge in [0, 0.05) is 19.7 Å². The van der Waals surface area contributed by atoms with Gasteiger partial charge in [-0.2, -0.15) is 0 Å². The molecule has 0 saturated heterocycles. The van der Waals surface area contributed by atoms with Crippen molar-refractivity contribution in [1.29, 1.82) is 0 Å². The molecule has 1 aliphatic carbocycles. The zero-order chi connectivity index (χ0) is 25.9. The highest BCUT2D eigenvalue weighted by Crippen LogP contribution is 2.20. The lowest BCUT2D eigenvalue weighted by Crippen LogP contribution is -2.13. The summed E-state index contributed by atoms with van der Waals surface area (Å²) in [5.41, 5.74) is 8.54. The zero-order valence-electron chi connectivity index (χ0n) is 20.9. The Balaban J connectivity index is 0.000000176. The second-order valence-corrected chi connectivity index (χ2v) is 10.6. The minimum Gasteiger partial charge on any atom is -0.381 e. The second kappa shape index (κ2) is 14.0. The van der Waals surface area contributed by atoms with E-state index in [4.69, 9.17) is 22.1 Å². The quantitative estimate of drug-likeness (QED) is 0.324. The van der Waals surface area contributed by atoms with Crippen molar-refractivity contribution >= 4 is 39.9 Å². The third-order valence-corrected chi connectivity index (χ3v) is 6.65. The summed E-state index contributed by atoms with van der Waals surface area (Å²) in [6.07, 6.45) is 13.3. The average Bonchev–Trinajstić information content (AvgIpc) is 3.50. The van der Waals surface area contributed by atoms with E-state index in [1.807, 2.05) is 37.6 Å². The van der Waals surface area contributed by atoms with Crippen molar-refractivity contribution in [3.05, 3.63) is 58.0 Å². The molecular weight excluding hydrogens is 496 g/mol. The topological polar surface area (TPSA) is 120 Å². The van der Waals surface area contributed by atoms with E-state index in [0.717, 1.165) is 46.0 Å². The number of aromatic nitrogens is 5. The number of amides is 1. The number of aromatic amines is 1. The highest BCUT2D eigenvalue weighted by atomic mass is 35.5. The number of carbonyl (C=O) groups is 1. The van der Waals surface area contributed by atoms with Gasteiger partial charge < -0.3 is 15.5 Å². The Kier molecular flexibility index (Phi) is 10.8. The van der Waals surface area contributed by atoms with E-state index in [9.17, 15) is 4.79 Å². The van der Waals surface area contributed by atoms with Gasteiger partial charge in [0.1, 0.15) is 10.2 Å². The lowest BCUT2D eigenvalue weighted by atomic mass is 9.98. The first-order chi connectivity index (χ1) is 17.4. The predicted molar refractivity (Wildman–Crippen MR) is 145 cm³/mol. The van der Waals surface area contributed by atoms with Crippen molar-refractivity contribution in [2.75, 3.05) is 7.11 Å². The molecule has 0 bridgehead atoms. The highest BCUT2D eigenvalue weighted by molar-refractivity contribution is 7.17. The molecule has 0 aliphatic heterocycles. The summed E-state index contributed by atoms with van der Waals surface area (Å²) in [7, 11) is 1.82. The first-order valence-corrected chi connectivity index (χ1v) is 13.2. The van der Waals surface area contributed by atoms with Gasteiger partial charge in [-0.3, -0.25) is 14.8 Å². The van der Waals surface area contributed by atoms with E-state index in [1.165, 1.54) is 38.3 Å². The fourth-order valence-corrected chi connectivity index (χ4v) is 4.53. The molecule has 192 valence electrons. The SMILES string of the molecule is CC(C)Cc1nc2cc(-c3ccccn3)ncc2[nH]1.COC1CCCCC1.NC(=O)c1ncc(Cl)s1. The van der Waals surface area contributed by atoms with Gasteiger partial charge >= 0.3 is 0 Å². The molecule has 5 rings (SSSR count). The summed E-state index contributed by atoms with van der Waals surface area (Å²) in [4.78, 5) is 30.6. The van der Waals surface area contributed by atoms with Gasteiger partial charge in [-0.25, -0.2) is 9.97 Å². The molecule has 0 spiro atoms. The van der Waals surface area contributed by atoms with Crippen molar-refractivity contribution in [2.24, 2.45) is 11.7 Å². The molecule has 1 fully saturated rings. The number of pyridine rings is 2. The standard InChI is InChI=1S/C15H16N4.C7H14O.C4H3ClN2OS/c1-10(2)7-15-18-13-8-12(17-9-14(13)19-15)11-5-3-4-6-16-11;1-8-7-5-3-2-4-6-7;5-2-1-7-4(9-2)3(6)8/h3-6,8-10H,7H2,1-2H3,(H,18,19);7H,2-6H2,1H3;1H,(H2,6,8). The van der Waals surface area contributed by atoms with Crippen LogP contribution in [0, 0.1) is 5.92 Å². The Morgan fingerprint density at radius 2 is 1.94 bits per heavy atom. The van der Waals surface area contributed by atoms with Crippen LogP contribution in [0.2, 0.25) is 4.34 Å². The Labute approximate surface area is 220 Å². The van der Waals surface area contributed by atoms with Crippen molar-refractivity contribution in [3.63, 3.8) is 0 Å². The first kappa shape index (κ1) is 27.7. The Morgan fingerprint density at radius 1 is 1.17 bits per heavy atom. The van der Waals surface area contributed by atoms with Gasteiger partial charge in [0.15, 0.2) is 5.01 Å². The summed E-state index contributed by atoms with van der Waals surface area (Å²) in [5.74, 6) is 1.07. The number of fused-ring (bicyclic) bond motifs is 1. The number of rotatable bonds is 5. The second-order valence-electron chi connectivity index (χ2n) is 8.91. The summed E-state index contributed by atoms with van der Waals surface area (Å²) >= 11 is 6.53. The third kappa shape index (κ3) is 8.65. The molecule has 0 aromatic carbocycles. The van der Waals surface area contributed by atoms with Crippen LogP contribution in [0.25, 0.3) is 22.4 Å². The van der Waals surface area contributed by atoms with Gasteiger partial charge in [-0.1, -0.05) is 62.1 Å². The van der Waals surface area contributed by atoms with Crippen molar-refractivity contribution in [2.45, 2.75) is 58.5 Å². The van der Waals surface area contributed by atoms with Crippen LogP contribution in [0.3, 0.4) is 0 Å². The summed E-state index contributed by atoms with van der Waals surface area (Å²) in [5, 5.41) is 0.250. The van der Waals surface area contributed by atoms with Crippen molar-refractivity contribution in [3.8, 4) is 11.4 Å².